The molecule has 0 radical (unpaired) electrons. The van der Waals surface area contributed by atoms with Gasteiger partial charge in [0.05, 0.1) is 0 Å². The van der Waals surface area contributed by atoms with Crippen molar-refractivity contribution < 1.29 is 4.79 Å². The molecule has 1 aliphatic carbocycles. The van der Waals surface area contributed by atoms with Gasteiger partial charge in [-0.3, -0.25) is 4.79 Å². The zero-order valence-corrected chi connectivity index (χ0v) is 12.6. The summed E-state index contributed by atoms with van der Waals surface area (Å²) in [5.74, 6) is 0.905. The molecule has 0 bridgehead atoms. The van der Waals surface area contributed by atoms with Crippen LogP contribution in [0.15, 0.2) is 24.3 Å². The predicted octanol–water partition coefficient (Wildman–Crippen LogP) is 2.80. The lowest BCUT2D eigenvalue weighted by Gasteiger charge is -2.41. The zero-order valence-electron chi connectivity index (χ0n) is 11.8. The first-order chi connectivity index (χ1) is 9.61. The fourth-order valence-electron chi connectivity index (χ4n) is 3.27. The van der Waals surface area contributed by atoms with E-state index in [0.717, 1.165) is 18.0 Å². The molecule has 0 aromatic heterocycles. The number of hydrogen-bond acceptors (Lipinski definition) is 2. The van der Waals surface area contributed by atoms with E-state index in [0.29, 0.717) is 24.4 Å². The van der Waals surface area contributed by atoms with Crippen molar-refractivity contribution in [3.05, 3.63) is 34.9 Å². The number of halogens is 1. The molecule has 0 spiro atoms. The lowest BCUT2D eigenvalue weighted by atomic mass is 9.75. The van der Waals surface area contributed by atoms with E-state index in [1.807, 2.05) is 24.1 Å². The molecular formula is C16H21ClN2O. The molecule has 1 aromatic carbocycles. The van der Waals surface area contributed by atoms with Crippen LogP contribution in [-0.2, 0) is 4.79 Å². The second-order valence-electron chi connectivity index (χ2n) is 6.10. The van der Waals surface area contributed by atoms with Gasteiger partial charge in [-0.2, -0.15) is 0 Å². The summed E-state index contributed by atoms with van der Waals surface area (Å²) in [6, 6.07) is 9.25. The molecule has 2 fully saturated rings. The number of carbonyl (C=O) groups is 1. The molecule has 1 heterocycles. The summed E-state index contributed by atoms with van der Waals surface area (Å²) in [6.45, 7) is 0.844. The number of nitrogens with one attached hydrogen (secondary N) is 1. The van der Waals surface area contributed by atoms with Crippen molar-refractivity contribution in [1.29, 1.82) is 0 Å². The third-order valence-corrected chi connectivity index (χ3v) is 4.79. The van der Waals surface area contributed by atoms with E-state index < -0.39 is 0 Å². The topological polar surface area (TPSA) is 32.3 Å². The zero-order chi connectivity index (χ0) is 14.1. The van der Waals surface area contributed by atoms with Crippen LogP contribution in [0.1, 0.15) is 37.2 Å². The van der Waals surface area contributed by atoms with Gasteiger partial charge < -0.3 is 10.2 Å². The van der Waals surface area contributed by atoms with Crippen LogP contribution >= 0.6 is 11.6 Å². The second kappa shape index (κ2) is 5.74. The van der Waals surface area contributed by atoms with Crippen LogP contribution in [0.2, 0.25) is 5.02 Å². The molecule has 1 saturated heterocycles. The van der Waals surface area contributed by atoms with Crippen molar-refractivity contribution in [3.8, 4) is 0 Å². The minimum absolute atomic E-state index is 0.272. The fourth-order valence-corrected chi connectivity index (χ4v) is 3.47. The number of carbonyl (C=O) groups excluding carboxylic acids is 1. The number of piperidine rings is 1. The third-order valence-electron chi connectivity index (χ3n) is 4.56. The van der Waals surface area contributed by atoms with Crippen molar-refractivity contribution >= 4 is 17.5 Å². The molecule has 1 N–H and O–H groups in total. The summed E-state index contributed by atoms with van der Waals surface area (Å²) < 4.78 is 0. The predicted molar refractivity (Wildman–Crippen MR) is 81.0 cm³/mol. The van der Waals surface area contributed by atoms with E-state index in [1.165, 1.54) is 18.4 Å². The van der Waals surface area contributed by atoms with Crippen LogP contribution < -0.4 is 5.32 Å². The minimum atomic E-state index is 0.272. The Kier molecular flexibility index (Phi) is 3.99. The molecule has 20 heavy (non-hydrogen) atoms. The van der Waals surface area contributed by atoms with Gasteiger partial charge in [0, 0.05) is 37.1 Å². The summed E-state index contributed by atoms with van der Waals surface area (Å²) in [7, 11) is 1.89. The first-order valence-corrected chi connectivity index (χ1v) is 7.75. The molecule has 1 atom stereocenters. The lowest BCUT2D eigenvalue weighted by molar-refractivity contribution is -0.132. The number of likely N-dealkylation sites (N-methyl/N-ethyl adjacent to an activating group) is 1. The van der Waals surface area contributed by atoms with Crippen molar-refractivity contribution in [2.45, 2.75) is 43.7 Å². The molecule has 1 saturated carbocycles. The van der Waals surface area contributed by atoms with Crippen molar-refractivity contribution in [2.24, 2.45) is 0 Å². The molecule has 108 valence electrons. The van der Waals surface area contributed by atoms with E-state index in [-0.39, 0.29) is 5.91 Å². The fraction of sp³-hybridized carbons (Fsp3) is 0.562. The Bertz CT molecular complexity index is 499. The van der Waals surface area contributed by atoms with Crippen molar-refractivity contribution in [1.82, 2.24) is 10.2 Å². The largest absolute Gasteiger partial charge is 0.344 e. The van der Waals surface area contributed by atoms with Gasteiger partial charge in [0.2, 0.25) is 5.91 Å². The molecular weight excluding hydrogens is 272 g/mol. The number of likely N-dealkylation sites (tertiary alicyclic amines) is 1. The van der Waals surface area contributed by atoms with Gasteiger partial charge in [-0.15, -0.1) is 0 Å². The van der Waals surface area contributed by atoms with Crippen LogP contribution in [0.25, 0.3) is 0 Å². The highest BCUT2D eigenvalue weighted by Gasteiger charge is 2.33. The minimum Gasteiger partial charge on any atom is -0.344 e. The maximum absolute atomic E-state index is 11.5. The van der Waals surface area contributed by atoms with Gasteiger partial charge in [-0.1, -0.05) is 23.7 Å². The Morgan fingerprint density at radius 1 is 1.30 bits per heavy atom. The first kappa shape index (κ1) is 13.9. The van der Waals surface area contributed by atoms with Gasteiger partial charge >= 0.3 is 0 Å². The maximum Gasteiger partial charge on any atom is 0.222 e. The average Bonchev–Trinajstić information content (AvgIpc) is 2.37. The average molecular weight is 293 g/mol. The Morgan fingerprint density at radius 2 is 2.10 bits per heavy atom. The van der Waals surface area contributed by atoms with Crippen LogP contribution in [0.3, 0.4) is 0 Å². The van der Waals surface area contributed by atoms with E-state index in [1.54, 1.807) is 0 Å². The molecule has 1 aromatic rings. The molecule has 1 amide bonds. The van der Waals surface area contributed by atoms with Gasteiger partial charge in [-0.25, -0.2) is 0 Å². The number of hydrogen-bond donors (Lipinski definition) is 1. The molecule has 1 unspecified atom stereocenters. The quantitative estimate of drug-likeness (QED) is 0.929. The summed E-state index contributed by atoms with van der Waals surface area (Å²) in [5.41, 5.74) is 1.35. The highest BCUT2D eigenvalue weighted by Crippen LogP contribution is 2.38. The van der Waals surface area contributed by atoms with Gasteiger partial charge in [0.25, 0.3) is 0 Å². The monoisotopic (exact) mass is 292 g/mol. The maximum atomic E-state index is 11.5. The number of benzene rings is 1. The Morgan fingerprint density at radius 3 is 2.80 bits per heavy atom. The van der Waals surface area contributed by atoms with Gasteiger partial charge in [-0.05, 0) is 42.9 Å². The van der Waals surface area contributed by atoms with E-state index in [9.17, 15) is 4.79 Å². The summed E-state index contributed by atoms with van der Waals surface area (Å²) in [5, 5.41) is 4.52. The van der Waals surface area contributed by atoms with Crippen molar-refractivity contribution in [3.63, 3.8) is 0 Å². The highest BCUT2D eigenvalue weighted by atomic mass is 35.5. The number of amides is 1. The smallest absolute Gasteiger partial charge is 0.222 e. The molecule has 2 aliphatic rings. The highest BCUT2D eigenvalue weighted by molar-refractivity contribution is 6.30. The molecule has 3 rings (SSSR count). The van der Waals surface area contributed by atoms with Crippen LogP contribution in [-0.4, -0.2) is 36.5 Å². The SMILES string of the molecule is CN1CC(NC2CC(c3cccc(Cl)c3)C2)CCC1=O. The Balaban J connectivity index is 1.48. The summed E-state index contributed by atoms with van der Waals surface area (Å²) in [4.78, 5) is 13.3. The molecule has 4 heteroatoms. The van der Waals surface area contributed by atoms with Gasteiger partial charge in [0.15, 0.2) is 0 Å². The van der Waals surface area contributed by atoms with E-state index in [2.05, 4.69) is 17.4 Å². The van der Waals surface area contributed by atoms with Crippen LogP contribution in [0, 0.1) is 0 Å². The normalized spacial score (nSPS) is 30.2. The molecule has 1 aliphatic heterocycles. The Hall–Kier alpha value is -1.06. The van der Waals surface area contributed by atoms with E-state index in [4.69, 9.17) is 11.6 Å². The lowest BCUT2D eigenvalue weighted by Crippen LogP contribution is -2.52. The first-order valence-electron chi connectivity index (χ1n) is 7.37. The van der Waals surface area contributed by atoms with Crippen LogP contribution in [0.5, 0.6) is 0 Å². The molecule has 3 nitrogen and oxygen atoms in total. The number of nitrogens with zero attached hydrogens (tertiary/aromatic N) is 1. The standard InChI is InChI=1S/C16H21ClN2O/c1-19-10-14(5-6-16(19)20)18-15-8-12(9-15)11-3-2-4-13(17)7-11/h2-4,7,12,14-15,18H,5-6,8-10H2,1H3. The van der Waals surface area contributed by atoms with Crippen LogP contribution in [0.4, 0.5) is 0 Å². The summed E-state index contributed by atoms with van der Waals surface area (Å²) in [6.07, 6.45) is 4.00. The summed E-state index contributed by atoms with van der Waals surface area (Å²) >= 11 is 6.04. The van der Waals surface area contributed by atoms with E-state index >= 15 is 0 Å². The van der Waals surface area contributed by atoms with Gasteiger partial charge in [0.1, 0.15) is 0 Å². The third kappa shape index (κ3) is 2.99. The Labute approximate surface area is 125 Å². The van der Waals surface area contributed by atoms with Crippen molar-refractivity contribution in [2.75, 3.05) is 13.6 Å². The second-order valence-corrected chi connectivity index (χ2v) is 6.53. The number of rotatable bonds is 3.